The van der Waals surface area contributed by atoms with Gasteiger partial charge in [0.15, 0.2) is 17.4 Å². The van der Waals surface area contributed by atoms with E-state index in [1.54, 1.807) is 6.92 Å². The molecule has 174 valence electrons. The number of aromatic hydroxyl groups is 1. The minimum atomic E-state index is -1.00. The van der Waals surface area contributed by atoms with E-state index in [0.717, 1.165) is 31.4 Å². The monoisotopic (exact) mass is 457 g/mol. The molecule has 2 aromatic rings. The zero-order valence-electron chi connectivity index (χ0n) is 18.2. The molecule has 9 heteroatoms. The molecule has 3 aliphatic rings. The van der Waals surface area contributed by atoms with E-state index in [1.165, 1.54) is 15.5 Å². The van der Waals surface area contributed by atoms with Gasteiger partial charge in [-0.05, 0) is 68.2 Å². The summed E-state index contributed by atoms with van der Waals surface area (Å²) in [5, 5.41) is 13.8. The Morgan fingerprint density at radius 2 is 2.00 bits per heavy atom. The Morgan fingerprint density at radius 3 is 2.64 bits per heavy atom. The second-order valence-corrected chi connectivity index (χ2v) is 9.32. The highest BCUT2D eigenvalue weighted by Crippen LogP contribution is 2.55. The standard InChI is InChI=1S/C24H25F2N3O4/c1-13-16-7-9-28(11-14-2-5-18(25)19(26)10-14)22(32)20(16)21(31)23(33)29(13)24(27-12-30)8-6-15-3-4-17(15)24/h2,5,10,12,15,17,31H,3-4,6-9,11H2,1H3,(H,27,30). The van der Waals surface area contributed by atoms with Crippen molar-refractivity contribution in [3.63, 3.8) is 0 Å². The van der Waals surface area contributed by atoms with E-state index in [9.17, 15) is 28.3 Å². The first-order chi connectivity index (χ1) is 15.8. The van der Waals surface area contributed by atoms with Gasteiger partial charge >= 0.3 is 0 Å². The quantitative estimate of drug-likeness (QED) is 0.676. The Hall–Kier alpha value is -3.23. The van der Waals surface area contributed by atoms with E-state index in [2.05, 4.69) is 5.32 Å². The molecule has 2 saturated carbocycles. The minimum absolute atomic E-state index is 0.0252. The van der Waals surface area contributed by atoms with Crippen molar-refractivity contribution in [1.82, 2.24) is 14.8 Å². The molecule has 33 heavy (non-hydrogen) atoms. The van der Waals surface area contributed by atoms with Gasteiger partial charge in [0, 0.05) is 24.7 Å². The number of fused-ring (bicyclic) bond motifs is 2. The van der Waals surface area contributed by atoms with E-state index >= 15 is 0 Å². The first-order valence-electron chi connectivity index (χ1n) is 11.2. The summed E-state index contributed by atoms with van der Waals surface area (Å²) in [4.78, 5) is 39.6. The maximum Gasteiger partial charge on any atom is 0.295 e. The van der Waals surface area contributed by atoms with Crippen molar-refractivity contribution in [3.8, 4) is 5.75 Å². The first kappa shape index (κ1) is 21.6. The van der Waals surface area contributed by atoms with Crippen LogP contribution in [0.2, 0.25) is 0 Å². The fraction of sp³-hybridized carbons (Fsp3) is 0.458. The molecule has 1 aliphatic heterocycles. The van der Waals surface area contributed by atoms with Crippen LogP contribution in [0.3, 0.4) is 0 Å². The number of pyridine rings is 1. The number of rotatable bonds is 5. The van der Waals surface area contributed by atoms with E-state index < -0.39 is 34.5 Å². The van der Waals surface area contributed by atoms with Gasteiger partial charge in [0.1, 0.15) is 5.66 Å². The normalized spacial score (nSPS) is 25.9. The smallest absolute Gasteiger partial charge is 0.295 e. The third-order valence-electron chi connectivity index (χ3n) is 7.84. The third-order valence-corrected chi connectivity index (χ3v) is 7.84. The average Bonchev–Trinajstić information content (AvgIpc) is 3.00. The summed E-state index contributed by atoms with van der Waals surface area (Å²) in [5.41, 5.74) is -0.0944. The number of halogens is 2. The molecule has 3 unspecified atom stereocenters. The molecule has 7 nitrogen and oxygen atoms in total. The lowest BCUT2D eigenvalue weighted by atomic mass is 9.72. The maximum atomic E-state index is 13.6. The number of amides is 2. The van der Waals surface area contributed by atoms with Crippen LogP contribution in [-0.4, -0.2) is 33.4 Å². The van der Waals surface area contributed by atoms with Crippen molar-refractivity contribution < 1.29 is 23.5 Å². The summed E-state index contributed by atoms with van der Waals surface area (Å²) in [5.74, 6) is -2.60. The van der Waals surface area contributed by atoms with Crippen molar-refractivity contribution in [2.75, 3.05) is 6.54 Å². The van der Waals surface area contributed by atoms with E-state index in [-0.39, 0.29) is 18.0 Å². The summed E-state index contributed by atoms with van der Waals surface area (Å²) in [6.45, 7) is 2.07. The van der Waals surface area contributed by atoms with Crippen molar-refractivity contribution in [2.24, 2.45) is 11.8 Å². The number of nitrogens with one attached hydrogen (secondary N) is 1. The van der Waals surface area contributed by atoms with Crippen molar-refractivity contribution in [3.05, 3.63) is 62.6 Å². The van der Waals surface area contributed by atoms with Crippen LogP contribution in [0.5, 0.6) is 5.75 Å². The topological polar surface area (TPSA) is 91.6 Å². The molecular formula is C24H25F2N3O4. The zero-order valence-corrected chi connectivity index (χ0v) is 18.2. The Morgan fingerprint density at radius 1 is 1.21 bits per heavy atom. The number of hydrogen-bond acceptors (Lipinski definition) is 4. The summed E-state index contributed by atoms with van der Waals surface area (Å²) < 4.78 is 28.3. The van der Waals surface area contributed by atoms with Gasteiger partial charge in [0.05, 0.1) is 5.56 Å². The van der Waals surface area contributed by atoms with Gasteiger partial charge in [-0.3, -0.25) is 19.0 Å². The zero-order chi connectivity index (χ0) is 23.5. The average molecular weight is 457 g/mol. The van der Waals surface area contributed by atoms with Crippen molar-refractivity contribution >= 4 is 12.3 Å². The van der Waals surface area contributed by atoms with Crippen LogP contribution in [-0.2, 0) is 23.4 Å². The molecule has 5 rings (SSSR count). The largest absolute Gasteiger partial charge is 0.502 e. The van der Waals surface area contributed by atoms with Crippen LogP contribution in [0.25, 0.3) is 0 Å². The van der Waals surface area contributed by atoms with Crippen LogP contribution >= 0.6 is 0 Å². The van der Waals surface area contributed by atoms with Gasteiger partial charge in [-0.1, -0.05) is 6.07 Å². The lowest BCUT2D eigenvalue weighted by Gasteiger charge is -2.45. The van der Waals surface area contributed by atoms with Crippen LogP contribution in [0.15, 0.2) is 23.0 Å². The Bertz CT molecular complexity index is 1230. The number of aromatic nitrogens is 1. The second kappa shape index (κ2) is 7.67. The number of nitrogens with zero attached hydrogens (tertiary/aromatic N) is 2. The Kier molecular flexibility index (Phi) is 5.02. The van der Waals surface area contributed by atoms with Gasteiger partial charge < -0.3 is 15.3 Å². The molecule has 1 aromatic carbocycles. The highest BCUT2D eigenvalue weighted by atomic mass is 19.2. The summed E-state index contributed by atoms with van der Waals surface area (Å²) in [6.07, 6.45) is 4.41. The predicted molar refractivity (Wildman–Crippen MR) is 115 cm³/mol. The van der Waals surface area contributed by atoms with Gasteiger partial charge in [-0.15, -0.1) is 0 Å². The molecule has 2 amide bonds. The number of carbonyl (C=O) groups is 2. The SMILES string of the molecule is Cc1c2c(c(O)c(=O)n1C1(NC=O)CCC3CCC31)C(=O)N(Cc1ccc(F)c(F)c1)CC2. The highest BCUT2D eigenvalue weighted by Gasteiger charge is 2.55. The van der Waals surface area contributed by atoms with Gasteiger partial charge in [0.2, 0.25) is 6.41 Å². The molecule has 2 N–H and O–H groups in total. The highest BCUT2D eigenvalue weighted by molar-refractivity contribution is 5.99. The summed E-state index contributed by atoms with van der Waals surface area (Å²) >= 11 is 0. The molecule has 0 saturated heterocycles. The molecule has 0 spiro atoms. The van der Waals surface area contributed by atoms with Gasteiger partial charge in [-0.25, -0.2) is 8.78 Å². The van der Waals surface area contributed by atoms with Crippen LogP contribution in [0.4, 0.5) is 8.78 Å². The molecular weight excluding hydrogens is 432 g/mol. The Balaban J connectivity index is 1.55. The van der Waals surface area contributed by atoms with Gasteiger partial charge in [0.25, 0.3) is 11.5 Å². The third kappa shape index (κ3) is 3.08. The van der Waals surface area contributed by atoms with Crippen molar-refractivity contribution in [2.45, 2.75) is 51.2 Å². The second-order valence-electron chi connectivity index (χ2n) is 9.32. The number of carbonyl (C=O) groups excluding carboxylic acids is 2. The van der Waals surface area contributed by atoms with E-state index in [1.807, 2.05) is 0 Å². The van der Waals surface area contributed by atoms with E-state index in [4.69, 9.17) is 0 Å². The molecule has 2 aliphatic carbocycles. The number of benzene rings is 1. The lowest BCUT2D eigenvalue weighted by Crippen LogP contribution is -2.58. The first-order valence-corrected chi connectivity index (χ1v) is 11.2. The predicted octanol–water partition coefficient (Wildman–Crippen LogP) is 2.56. The van der Waals surface area contributed by atoms with Gasteiger partial charge in [-0.2, -0.15) is 0 Å². The summed E-state index contributed by atoms with van der Waals surface area (Å²) in [6, 6.07) is 3.43. The minimum Gasteiger partial charge on any atom is -0.502 e. The van der Waals surface area contributed by atoms with Crippen molar-refractivity contribution in [1.29, 1.82) is 0 Å². The molecule has 0 radical (unpaired) electrons. The van der Waals surface area contributed by atoms with Crippen LogP contribution in [0.1, 0.15) is 52.9 Å². The maximum absolute atomic E-state index is 13.6. The molecule has 2 fully saturated rings. The molecule has 2 heterocycles. The fourth-order valence-corrected chi connectivity index (χ4v) is 6.11. The van der Waals surface area contributed by atoms with E-state index in [0.29, 0.717) is 48.5 Å². The van der Waals surface area contributed by atoms with Crippen LogP contribution < -0.4 is 10.9 Å². The van der Waals surface area contributed by atoms with Crippen LogP contribution in [0, 0.1) is 30.4 Å². The molecule has 3 atom stereocenters. The molecule has 0 bridgehead atoms. The summed E-state index contributed by atoms with van der Waals surface area (Å²) in [7, 11) is 0. The fourth-order valence-electron chi connectivity index (χ4n) is 6.11. The lowest BCUT2D eigenvalue weighted by molar-refractivity contribution is -0.114. The molecule has 1 aromatic heterocycles. The number of hydrogen-bond donors (Lipinski definition) is 2. The Labute approximate surface area is 189 Å².